The summed E-state index contributed by atoms with van der Waals surface area (Å²) in [5.41, 5.74) is 0.481. The summed E-state index contributed by atoms with van der Waals surface area (Å²) in [5, 5.41) is 3.37. The predicted octanol–water partition coefficient (Wildman–Crippen LogP) is 3.29. The van der Waals surface area contributed by atoms with Crippen LogP contribution in [-0.2, 0) is 4.74 Å². The van der Waals surface area contributed by atoms with Crippen molar-refractivity contribution in [2.75, 3.05) is 18.6 Å². The van der Waals surface area contributed by atoms with Gasteiger partial charge in [0.05, 0.1) is 5.69 Å². The number of anilines is 1. The molecule has 0 aliphatic heterocycles. The molecule has 0 spiro atoms. The topological polar surface area (TPSA) is 32.8 Å². The third-order valence-electron chi connectivity index (χ3n) is 2.37. The van der Waals surface area contributed by atoms with Gasteiger partial charge < -0.3 is 4.74 Å². The summed E-state index contributed by atoms with van der Waals surface area (Å²) in [6.45, 7) is 8.26. The lowest BCUT2D eigenvalue weighted by atomic mass is 10.2. The van der Waals surface area contributed by atoms with E-state index in [-0.39, 0.29) is 6.09 Å². The maximum Gasteiger partial charge on any atom is 0.429 e. The van der Waals surface area contributed by atoms with Crippen LogP contribution in [0, 0.1) is 0 Å². The minimum Gasteiger partial charge on any atom is -0.442 e. The Hall–Kier alpha value is -1.71. The number of hydrazine groups is 1. The molecule has 100 valence electrons. The highest BCUT2D eigenvalue weighted by molar-refractivity contribution is 5.70. The molecule has 0 radical (unpaired) electrons. The van der Waals surface area contributed by atoms with Crippen molar-refractivity contribution in [3.05, 3.63) is 30.3 Å². The largest absolute Gasteiger partial charge is 0.442 e. The van der Waals surface area contributed by atoms with E-state index in [0.717, 1.165) is 5.69 Å². The van der Waals surface area contributed by atoms with E-state index in [2.05, 4.69) is 0 Å². The first-order chi connectivity index (χ1) is 8.35. The van der Waals surface area contributed by atoms with Crippen LogP contribution >= 0.6 is 0 Å². The zero-order chi connectivity index (χ0) is 13.8. The Balaban J connectivity index is 2.80. The van der Waals surface area contributed by atoms with E-state index in [1.807, 2.05) is 63.0 Å². The average Bonchev–Trinajstić information content (AvgIpc) is 2.29. The monoisotopic (exact) mass is 250 g/mol. The van der Waals surface area contributed by atoms with Crippen molar-refractivity contribution in [1.82, 2.24) is 5.01 Å². The minimum absolute atomic E-state index is 0.354. The van der Waals surface area contributed by atoms with Crippen molar-refractivity contribution in [2.24, 2.45) is 0 Å². The molecule has 0 heterocycles. The Kier molecular flexibility index (Phi) is 4.59. The quantitative estimate of drug-likeness (QED) is 0.772. The summed E-state index contributed by atoms with van der Waals surface area (Å²) in [6, 6.07) is 9.77. The standard InChI is InChI=1S/C14H22N2O2/c1-6-16(12-10-8-7-9-11-12)15(5)13(17)18-14(2,3)4/h7-11H,6H2,1-5H3. The molecule has 0 fully saturated rings. The lowest BCUT2D eigenvalue weighted by Crippen LogP contribution is -2.46. The predicted molar refractivity (Wildman–Crippen MR) is 73.5 cm³/mol. The van der Waals surface area contributed by atoms with Crippen LogP contribution in [0.15, 0.2) is 30.3 Å². The molecule has 0 unspecified atom stereocenters. The molecule has 0 atom stereocenters. The summed E-state index contributed by atoms with van der Waals surface area (Å²) in [4.78, 5) is 12.0. The molecule has 1 rings (SSSR count). The van der Waals surface area contributed by atoms with E-state index in [4.69, 9.17) is 4.74 Å². The third-order valence-corrected chi connectivity index (χ3v) is 2.37. The number of carbonyl (C=O) groups is 1. The van der Waals surface area contributed by atoms with Crippen LogP contribution in [0.2, 0.25) is 0 Å². The van der Waals surface area contributed by atoms with Gasteiger partial charge in [0.1, 0.15) is 5.60 Å². The average molecular weight is 250 g/mol. The van der Waals surface area contributed by atoms with Gasteiger partial charge in [0.25, 0.3) is 0 Å². The number of carbonyl (C=O) groups excluding carboxylic acids is 1. The number of benzene rings is 1. The van der Waals surface area contributed by atoms with Gasteiger partial charge in [-0.3, -0.25) is 5.01 Å². The van der Waals surface area contributed by atoms with Crippen LogP contribution in [0.5, 0.6) is 0 Å². The first kappa shape index (κ1) is 14.4. The van der Waals surface area contributed by atoms with Gasteiger partial charge in [-0.05, 0) is 39.8 Å². The highest BCUT2D eigenvalue weighted by Crippen LogP contribution is 2.17. The fourth-order valence-corrected chi connectivity index (χ4v) is 1.59. The number of para-hydroxylation sites is 1. The molecule has 0 bridgehead atoms. The molecule has 1 amide bonds. The van der Waals surface area contributed by atoms with E-state index < -0.39 is 5.60 Å². The summed E-state index contributed by atoms with van der Waals surface area (Å²) in [5.74, 6) is 0. The van der Waals surface area contributed by atoms with Crippen LogP contribution in [0.1, 0.15) is 27.7 Å². The molecule has 4 heteroatoms. The Labute approximate surface area is 109 Å². The lowest BCUT2D eigenvalue weighted by molar-refractivity contribution is 0.0279. The Bertz CT molecular complexity index is 385. The number of hydrogen-bond donors (Lipinski definition) is 0. The fraction of sp³-hybridized carbons (Fsp3) is 0.500. The molecular weight excluding hydrogens is 228 g/mol. The Morgan fingerprint density at radius 1 is 1.22 bits per heavy atom. The van der Waals surface area contributed by atoms with E-state index >= 15 is 0 Å². The highest BCUT2D eigenvalue weighted by Gasteiger charge is 2.23. The van der Waals surface area contributed by atoms with E-state index in [0.29, 0.717) is 6.54 Å². The van der Waals surface area contributed by atoms with Gasteiger partial charge in [0.15, 0.2) is 0 Å². The molecule has 0 aromatic heterocycles. The van der Waals surface area contributed by atoms with Gasteiger partial charge in [0, 0.05) is 13.6 Å². The lowest BCUT2D eigenvalue weighted by Gasteiger charge is -2.34. The maximum atomic E-state index is 12.0. The highest BCUT2D eigenvalue weighted by atomic mass is 16.6. The molecule has 0 N–H and O–H groups in total. The Morgan fingerprint density at radius 2 is 1.78 bits per heavy atom. The maximum absolute atomic E-state index is 12.0. The normalized spacial score (nSPS) is 10.9. The zero-order valence-corrected chi connectivity index (χ0v) is 11.8. The van der Waals surface area contributed by atoms with Gasteiger partial charge in [-0.25, -0.2) is 9.80 Å². The second-order valence-corrected chi connectivity index (χ2v) is 5.06. The van der Waals surface area contributed by atoms with Crippen molar-refractivity contribution in [3.63, 3.8) is 0 Å². The number of rotatable bonds is 3. The van der Waals surface area contributed by atoms with Gasteiger partial charge in [-0.2, -0.15) is 0 Å². The second kappa shape index (κ2) is 5.76. The van der Waals surface area contributed by atoms with Crippen molar-refractivity contribution in [1.29, 1.82) is 0 Å². The molecule has 1 aromatic carbocycles. The van der Waals surface area contributed by atoms with Crippen LogP contribution < -0.4 is 5.01 Å². The summed E-state index contributed by atoms with van der Waals surface area (Å²) < 4.78 is 5.35. The first-order valence-electron chi connectivity index (χ1n) is 6.14. The van der Waals surface area contributed by atoms with Gasteiger partial charge in [0.2, 0.25) is 0 Å². The van der Waals surface area contributed by atoms with Crippen molar-refractivity contribution in [3.8, 4) is 0 Å². The molecule has 0 aliphatic rings. The van der Waals surface area contributed by atoms with Crippen molar-refractivity contribution in [2.45, 2.75) is 33.3 Å². The molecular formula is C14H22N2O2. The number of ether oxygens (including phenoxy) is 1. The summed E-state index contributed by atoms with van der Waals surface area (Å²) in [6.07, 6.45) is -0.354. The second-order valence-electron chi connectivity index (χ2n) is 5.06. The van der Waals surface area contributed by atoms with Crippen LogP contribution in [0.3, 0.4) is 0 Å². The van der Waals surface area contributed by atoms with Gasteiger partial charge >= 0.3 is 6.09 Å². The third kappa shape index (κ3) is 3.95. The fourth-order valence-electron chi connectivity index (χ4n) is 1.59. The number of hydrogen-bond acceptors (Lipinski definition) is 3. The van der Waals surface area contributed by atoms with E-state index in [9.17, 15) is 4.79 Å². The number of amides is 1. The summed E-state index contributed by atoms with van der Waals surface area (Å²) >= 11 is 0. The molecule has 0 aliphatic carbocycles. The number of nitrogens with zero attached hydrogens (tertiary/aromatic N) is 2. The SMILES string of the molecule is CCN(c1ccccc1)N(C)C(=O)OC(C)(C)C. The van der Waals surface area contributed by atoms with E-state index in [1.165, 1.54) is 5.01 Å². The minimum atomic E-state index is -0.485. The first-order valence-corrected chi connectivity index (χ1v) is 6.14. The Morgan fingerprint density at radius 3 is 2.22 bits per heavy atom. The van der Waals surface area contributed by atoms with Crippen molar-refractivity contribution < 1.29 is 9.53 Å². The van der Waals surface area contributed by atoms with Crippen LogP contribution in [0.25, 0.3) is 0 Å². The van der Waals surface area contributed by atoms with Crippen LogP contribution in [-0.4, -0.2) is 30.3 Å². The molecule has 0 saturated heterocycles. The van der Waals surface area contributed by atoms with E-state index in [1.54, 1.807) is 7.05 Å². The molecule has 18 heavy (non-hydrogen) atoms. The van der Waals surface area contributed by atoms with Gasteiger partial charge in [-0.1, -0.05) is 18.2 Å². The smallest absolute Gasteiger partial charge is 0.429 e. The summed E-state index contributed by atoms with van der Waals surface area (Å²) in [7, 11) is 1.71. The van der Waals surface area contributed by atoms with Crippen LogP contribution in [0.4, 0.5) is 10.5 Å². The molecule has 0 saturated carbocycles. The van der Waals surface area contributed by atoms with Gasteiger partial charge in [-0.15, -0.1) is 0 Å². The zero-order valence-electron chi connectivity index (χ0n) is 11.8. The van der Waals surface area contributed by atoms with Crippen molar-refractivity contribution >= 4 is 11.8 Å². The molecule has 1 aromatic rings. The molecule has 4 nitrogen and oxygen atoms in total.